The van der Waals surface area contributed by atoms with Crippen molar-refractivity contribution in [3.8, 4) is 11.5 Å². The fraction of sp³-hybridized carbons (Fsp3) is 0.316. The van der Waals surface area contributed by atoms with Crippen LogP contribution in [0.4, 0.5) is 11.4 Å². The van der Waals surface area contributed by atoms with Crippen molar-refractivity contribution in [2.75, 3.05) is 19.5 Å². The lowest BCUT2D eigenvalue weighted by Crippen LogP contribution is -2.15. The van der Waals surface area contributed by atoms with Crippen LogP contribution in [0, 0.1) is 17.0 Å². The number of anilines is 1. The second kappa shape index (κ2) is 7.86. The zero-order valence-corrected chi connectivity index (χ0v) is 15.5. The van der Waals surface area contributed by atoms with Crippen molar-refractivity contribution in [2.45, 2.75) is 26.7 Å². The molecule has 138 valence electrons. The summed E-state index contributed by atoms with van der Waals surface area (Å²) >= 11 is 0. The number of aryl methyl sites for hydroxylation is 1. The molecule has 1 N–H and O–H groups in total. The van der Waals surface area contributed by atoms with Crippen LogP contribution < -0.4 is 14.8 Å². The van der Waals surface area contributed by atoms with E-state index in [1.54, 1.807) is 13.2 Å². The minimum Gasteiger partial charge on any atom is -0.496 e. The maximum atomic E-state index is 12.8. The zero-order valence-electron chi connectivity index (χ0n) is 15.5. The van der Waals surface area contributed by atoms with Gasteiger partial charge in [0.05, 0.1) is 24.8 Å². The lowest BCUT2D eigenvalue weighted by Gasteiger charge is -2.16. The summed E-state index contributed by atoms with van der Waals surface area (Å²) in [6.07, 6.45) is 0. The van der Waals surface area contributed by atoms with E-state index in [1.165, 1.54) is 25.3 Å². The Balaban J connectivity index is 2.43. The molecule has 0 radical (unpaired) electrons. The predicted octanol–water partition coefficient (Wildman–Crippen LogP) is 4.30. The molecule has 26 heavy (non-hydrogen) atoms. The number of nitro benzene ring substituents is 1. The van der Waals surface area contributed by atoms with Gasteiger partial charge in [-0.25, -0.2) is 0 Å². The number of hydrogen-bond acceptors (Lipinski definition) is 5. The molecule has 0 fully saturated rings. The molecule has 7 nitrogen and oxygen atoms in total. The minimum absolute atomic E-state index is 0.129. The number of ether oxygens (including phenoxy) is 2. The summed E-state index contributed by atoms with van der Waals surface area (Å²) in [6, 6.07) is 7.66. The Bertz CT molecular complexity index is 846. The highest BCUT2D eigenvalue weighted by atomic mass is 16.6. The number of non-ortho nitro benzene ring substituents is 1. The summed E-state index contributed by atoms with van der Waals surface area (Å²) in [4.78, 5) is 23.2. The number of nitrogens with zero attached hydrogens (tertiary/aromatic N) is 1. The lowest BCUT2D eigenvalue weighted by atomic mass is 9.96. The van der Waals surface area contributed by atoms with E-state index in [-0.39, 0.29) is 23.2 Å². The van der Waals surface area contributed by atoms with Gasteiger partial charge in [-0.1, -0.05) is 13.8 Å². The Morgan fingerprint density at radius 2 is 1.77 bits per heavy atom. The van der Waals surface area contributed by atoms with Gasteiger partial charge in [-0.15, -0.1) is 0 Å². The number of methoxy groups -OCH3 is 2. The average molecular weight is 358 g/mol. The van der Waals surface area contributed by atoms with Crippen LogP contribution in [0.25, 0.3) is 0 Å². The number of hydrogen-bond donors (Lipinski definition) is 1. The highest BCUT2D eigenvalue weighted by Crippen LogP contribution is 2.32. The Hall–Kier alpha value is -3.09. The van der Waals surface area contributed by atoms with E-state index in [0.29, 0.717) is 11.3 Å². The molecule has 0 aliphatic heterocycles. The zero-order chi connectivity index (χ0) is 19.4. The van der Waals surface area contributed by atoms with E-state index in [2.05, 4.69) is 5.32 Å². The minimum atomic E-state index is -0.523. The highest BCUT2D eigenvalue weighted by molar-refractivity contribution is 6.06. The fourth-order valence-corrected chi connectivity index (χ4v) is 2.67. The molecule has 0 bridgehead atoms. The van der Waals surface area contributed by atoms with Gasteiger partial charge in [-0.05, 0) is 42.2 Å². The van der Waals surface area contributed by atoms with Gasteiger partial charge in [-0.3, -0.25) is 14.9 Å². The Morgan fingerprint density at radius 3 is 2.31 bits per heavy atom. The average Bonchev–Trinajstić information content (AvgIpc) is 2.60. The second-order valence-electron chi connectivity index (χ2n) is 6.16. The predicted molar refractivity (Wildman–Crippen MR) is 99.4 cm³/mol. The maximum Gasteiger partial charge on any atom is 0.271 e. The van der Waals surface area contributed by atoms with E-state index in [0.717, 1.165) is 16.9 Å². The van der Waals surface area contributed by atoms with E-state index < -0.39 is 4.92 Å². The molecule has 0 unspecified atom stereocenters. The largest absolute Gasteiger partial charge is 0.496 e. The van der Waals surface area contributed by atoms with Gasteiger partial charge in [0, 0.05) is 17.7 Å². The topological polar surface area (TPSA) is 90.7 Å². The number of amides is 1. The molecule has 7 heteroatoms. The summed E-state index contributed by atoms with van der Waals surface area (Å²) in [5.41, 5.74) is 2.24. The van der Waals surface area contributed by atoms with Crippen molar-refractivity contribution in [1.29, 1.82) is 0 Å². The SMILES string of the molecule is COc1ccc([N+](=O)[O-])cc1NC(=O)c1cc(C(C)C)c(OC)cc1C. The third-order valence-electron chi connectivity index (χ3n) is 4.09. The van der Waals surface area contributed by atoms with Gasteiger partial charge in [0.1, 0.15) is 11.5 Å². The third kappa shape index (κ3) is 3.93. The monoisotopic (exact) mass is 358 g/mol. The first-order valence-electron chi connectivity index (χ1n) is 8.10. The molecule has 0 saturated carbocycles. The first kappa shape index (κ1) is 19.2. The van der Waals surface area contributed by atoms with E-state index in [1.807, 2.05) is 26.8 Å². The summed E-state index contributed by atoms with van der Waals surface area (Å²) in [6.45, 7) is 5.84. The third-order valence-corrected chi connectivity index (χ3v) is 4.09. The molecule has 2 rings (SSSR count). The number of benzene rings is 2. The maximum absolute atomic E-state index is 12.8. The molecular formula is C19H22N2O5. The second-order valence-corrected chi connectivity index (χ2v) is 6.16. The van der Waals surface area contributed by atoms with Crippen molar-refractivity contribution in [1.82, 2.24) is 0 Å². The number of nitro groups is 1. The normalized spacial score (nSPS) is 10.5. The molecule has 2 aromatic carbocycles. The molecule has 1 amide bonds. The van der Waals surface area contributed by atoms with Gasteiger partial charge < -0.3 is 14.8 Å². The lowest BCUT2D eigenvalue weighted by molar-refractivity contribution is -0.384. The van der Waals surface area contributed by atoms with Gasteiger partial charge >= 0.3 is 0 Å². The van der Waals surface area contributed by atoms with Crippen LogP contribution in [0.3, 0.4) is 0 Å². The van der Waals surface area contributed by atoms with Crippen LogP contribution in [0.15, 0.2) is 30.3 Å². The Labute approximate surface area is 152 Å². The molecule has 2 aromatic rings. The van der Waals surface area contributed by atoms with Crippen LogP contribution >= 0.6 is 0 Å². The molecule has 0 aliphatic rings. The van der Waals surface area contributed by atoms with Crippen LogP contribution in [-0.4, -0.2) is 25.1 Å². The standard InChI is InChI=1S/C19H22N2O5/c1-11(2)14-10-15(12(3)8-18(14)26-5)19(22)20-16-9-13(21(23)24)6-7-17(16)25-4/h6-11H,1-5H3,(H,20,22). The highest BCUT2D eigenvalue weighted by Gasteiger charge is 2.19. The Morgan fingerprint density at radius 1 is 1.12 bits per heavy atom. The van der Waals surface area contributed by atoms with Gasteiger partial charge in [0.2, 0.25) is 0 Å². The number of nitrogens with one attached hydrogen (secondary N) is 1. The van der Waals surface area contributed by atoms with E-state index >= 15 is 0 Å². The van der Waals surface area contributed by atoms with Crippen molar-refractivity contribution in [2.24, 2.45) is 0 Å². The first-order chi connectivity index (χ1) is 12.3. The van der Waals surface area contributed by atoms with Crippen LogP contribution in [-0.2, 0) is 0 Å². The van der Waals surface area contributed by atoms with Crippen molar-refractivity contribution < 1.29 is 19.2 Å². The van der Waals surface area contributed by atoms with Crippen molar-refractivity contribution >= 4 is 17.3 Å². The smallest absolute Gasteiger partial charge is 0.271 e. The van der Waals surface area contributed by atoms with Crippen molar-refractivity contribution in [3.05, 3.63) is 57.1 Å². The summed E-state index contributed by atoms with van der Waals surface area (Å²) in [5.74, 6) is 0.872. The van der Waals surface area contributed by atoms with Crippen molar-refractivity contribution in [3.63, 3.8) is 0 Å². The molecular weight excluding hydrogens is 336 g/mol. The summed E-state index contributed by atoms with van der Waals surface area (Å²) in [7, 11) is 3.03. The molecule has 0 heterocycles. The van der Waals surface area contributed by atoms with Crippen LogP contribution in [0.1, 0.15) is 41.3 Å². The van der Waals surface area contributed by atoms with Gasteiger partial charge in [-0.2, -0.15) is 0 Å². The number of carbonyl (C=O) groups is 1. The fourth-order valence-electron chi connectivity index (χ4n) is 2.67. The molecule has 0 saturated heterocycles. The molecule has 0 aromatic heterocycles. The van der Waals surface area contributed by atoms with E-state index in [9.17, 15) is 14.9 Å². The Kier molecular flexibility index (Phi) is 5.82. The molecule has 0 atom stereocenters. The molecule has 0 aliphatic carbocycles. The summed E-state index contributed by atoms with van der Waals surface area (Å²) in [5, 5.41) is 13.7. The quantitative estimate of drug-likeness (QED) is 0.614. The molecule has 0 spiro atoms. The summed E-state index contributed by atoms with van der Waals surface area (Å²) < 4.78 is 10.6. The number of carbonyl (C=O) groups excluding carboxylic acids is 1. The van der Waals surface area contributed by atoms with Gasteiger partial charge in [0.25, 0.3) is 11.6 Å². The number of rotatable bonds is 6. The van der Waals surface area contributed by atoms with Crippen LogP contribution in [0.5, 0.6) is 11.5 Å². The van der Waals surface area contributed by atoms with Crippen LogP contribution in [0.2, 0.25) is 0 Å². The van der Waals surface area contributed by atoms with E-state index in [4.69, 9.17) is 9.47 Å². The van der Waals surface area contributed by atoms with Gasteiger partial charge in [0.15, 0.2) is 0 Å². The first-order valence-corrected chi connectivity index (χ1v) is 8.10.